The van der Waals surface area contributed by atoms with Gasteiger partial charge in [-0.25, -0.2) is 9.97 Å². The van der Waals surface area contributed by atoms with Crippen LogP contribution in [-0.2, 0) is 35.5 Å². The number of aryl methyl sites for hydroxylation is 1. The molecule has 0 spiro atoms. The van der Waals surface area contributed by atoms with Crippen LogP contribution in [0.5, 0.6) is 0 Å². The van der Waals surface area contributed by atoms with Crippen LogP contribution in [0.25, 0.3) is 0 Å². The van der Waals surface area contributed by atoms with Gasteiger partial charge in [0.1, 0.15) is 6.33 Å². The summed E-state index contributed by atoms with van der Waals surface area (Å²) >= 11 is 0. The van der Waals surface area contributed by atoms with E-state index in [0.29, 0.717) is 0 Å². The molecule has 0 aliphatic carbocycles. The Morgan fingerprint density at radius 1 is 1.06 bits per heavy atom. The van der Waals surface area contributed by atoms with E-state index in [2.05, 4.69) is 51.2 Å². The summed E-state index contributed by atoms with van der Waals surface area (Å²) in [6.07, 6.45) is 6.21. The van der Waals surface area contributed by atoms with Gasteiger partial charge in [-0.3, -0.25) is 13.6 Å². The number of nitrogens with zero attached hydrogens (tertiary/aromatic N) is 2. The van der Waals surface area contributed by atoms with Gasteiger partial charge >= 0.3 is 19.5 Å². The van der Waals surface area contributed by atoms with Crippen molar-refractivity contribution in [2.45, 2.75) is 34.1 Å². The maximum absolute atomic E-state index is 7.75. The number of hydrogen-bond donors (Lipinski definition) is 0. The van der Waals surface area contributed by atoms with Crippen LogP contribution in [0.1, 0.15) is 33.3 Å². The Morgan fingerprint density at radius 3 is 1.53 bits per heavy atom. The third-order valence-corrected chi connectivity index (χ3v) is 1.02. The van der Waals surface area contributed by atoms with E-state index in [9.17, 15) is 0 Å². The summed E-state index contributed by atoms with van der Waals surface area (Å²) < 4.78 is 0. The van der Waals surface area contributed by atoms with Crippen LogP contribution in [-0.4, -0.2) is 23.5 Å². The molecule has 5 heteroatoms. The molecule has 1 heterocycles. The SMILES string of the molecule is CCc1cncnc1.C[C-](C)C.[CH-]=O.[CH-]=O.[Ru+3]. The van der Waals surface area contributed by atoms with Crippen LogP contribution in [0, 0.1) is 5.92 Å². The molecule has 0 aliphatic rings. The van der Waals surface area contributed by atoms with Crippen molar-refractivity contribution in [1.82, 2.24) is 9.97 Å². The molecule has 0 aromatic carbocycles. The van der Waals surface area contributed by atoms with Crippen LogP contribution in [0.15, 0.2) is 18.7 Å². The molecule has 0 bridgehead atoms. The Kier molecular flexibility index (Phi) is 35.8. The maximum atomic E-state index is 7.75. The van der Waals surface area contributed by atoms with Gasteiger partial charge in [-0.15, -0.1) is 0 Å². The minimum Gasteiger partial charge on any atom is -0.545 e. The number of aromatic nitrogens is 2. The number of carbonyl (C=O) groups excluding carboxylic acids is 2. The van der Waals surface area contributed by atoms with Crippen molar-refractivity contribution in [1.29, 1.82) is 0 Å². The van der Waals surface area contributed by atoms with Crippen LogP contribution in [0.4, 0.5) is 0 Å². The first-order chi connectivity index (χ1) is 7.66. The van der Waals surface area contributed by atoms with E-state index in [0.717, 1.165) is 6.42 Å². The molecule has 0 N–H and O–H groups in total. The molecular formula is C12H19N2O2Ru. The molecule has 0 atom stereocenters. The molecule has 1 aromatic heterocycles. The van der Waals surface area contributed by atoms with Crippen LogP contribution in [0.2, 0.25) is 0 Å². The summed E-state index contributed by atoms with van der Waals surface area (Å²) in [5.41, 5.74) is 1.19. The molecule has 97 valence electrons. The monoisotopic (exact) mass is 325 g/mol. The topological polar surface area (TPSA) is 59.9 Å². The molecule has 1 rings (SSSR count). The average Bonchev–Trinajstić information content (AvgIpc) is 2.34. The second-order valence-electron chi connectivity index (χ2n) is 3.10. The second-order valence-corrected chi connectivity index (χ2v) is 3.10. The Bertz CT molecular complexity index is 216. The first kappa shape index (κ1) is 25.0. The standard InChI is InChI=1S/C6H8N2.C4H9.2CHO.Ru/c1-2-6-3-7-5-8-4-6;1-4(2)3;2*1-2;/h3-5H,2H2,1H3;1-3H3;2*1H;/q;3*-1;+3. The predicted molar refractivity (Wildman–Crippen MR) is 65.2 cm³/mol. The molecule has 0 aliphatic heterocycles. The largest absolute Gasteiger partial charge is 3.00 e. The molecule has 1 aromatic rings. The minimum absolute atomic E-state index is 0. The quantitative estimate of drug-likeness (QED) is 0.451. The van der Waals surface area contributed by atoms with Crippen molar-refractivity contribution in [2.75, 3.05) is 0 Å². The summed E-state index contributed by atoms with van der Waals surface area (Å²) in [5.74, 6) is 1.42. The normalized spacial score (nSPS) is 6.88. The second kappa shape index (κ2) is 24.3. The van der Waals surface area contributed by atoms with E-state index in [1.807, 2.05) is 12.4 Å². The summed E-state index contributed by atoms with van der Waals surface area (Å²) in [5, 5.41) is 0. The van der Waals surface area contributed by atoms with Gasteiger partial charge < -0.3 is 15.5 Å². The van der Waals surface area contributed by atoms with Gasteiger partial charge in [-0.1, -0.05) is 6.92 Å². The van der Waals surface area contributed by atoms with Gasteiger partial charge in [0.25, 0.3) is 0 Å². The van der Waals surface area contributed by atoms with Gasteiger partial charge in [0.05, 0.1) is 0 Å². The van der Waals surface area contributed by atoms with Crippen molar-refractivity contribution in [3.05, 3.63) is 30.2 Å². The van der Waals surface area contributed by atoms with E-state index in [4.69, 9.17) is 9.59 Å². The van der Waals surface area contributed by atoms with Crippen molar-refractivity contribution in [3.8, 4) is 0 Å². The zero-order chi connectivity index (χ0) is 13.4. The van der Waals surface area contributed by atoms with E-state index >= 15 is 0 Å². The Balaban J connectivity index is -0.0000000814. The molecule has 1 radical (unpaired) electrons. The first-order valence-corrected chi connectivity index (χ1v) is 4.64. The molecular weight excluding hydrogens is 305 g/mol. The summed E-state index contributed by atoms with van der Waals surface area (Å²) in [4.78, 5) is 23.2. The zero-order valence-electron chi connectivity index (χ0n) is 10.7. The number of rotatable bonds is 1. The summed E-state index contributed by atoms with van der Waals surface area (Å²) in [6.45, 7) is 14.8. The Morgan fingerprint density at radius 2 is 1.35 bits per heavy atom. The first-order valence-electron chi connectivity index (χ1n) is 4.64. The molecule has 4 nitrogen and oxygen atoms in total. The van der Waals surface area contributed by atoms with Crippen molar-refractivity contribution >= 4 is 13.6 Å². The van der Waals surface area contributed by atoms with Crippen LogP contribution >= 0.6 is 0 Å². The van der Waals surface area contributed by atoms with Crippen molar-refractivity contribution in [2.24, 2.45) is 0 Å². The molecule has 0 saturated heterocycles. The van der Waals surface area contributed by atoms with Crippen LogP contribution < -0.4 is 0 Å². The fourth-order valence-corrected chi connectivity index (χ4v) is 0.513. The Hall–Kier alpha value is -0.957. The zero-order valence-corrected chi connectivity index (χ0v) is 12.4. The van der Waals surface area contributed by atoms with Gasteiger partial charge in [0.15, 0.2) is 0 Å². The van der Waals surface area contributed by atoms with Gasteiger partial charge in [-0.2, -0.15) is 20.8 Å². The number of hydrogen-bond acceptors (Lipinski definition) is 4. The predicted octanol–water partition coefficient (Wildman–Crippen LogP) is 2.11. The summed E-state index contributed by atoms with van der Waals surface area (Å²) in [7, 11) is 0. The maximum Gasteiger partial charge on any atom is 3.00 e. The smallest absolute Gasteiger partial charge is 0.545 e. The average molecular weight is 324 g/mol. The van der Waals surface area contributed by atoms with E-state index in [-0.39, 0.29) is 19.5 Å². The third kappa shape index (κ3) is 31.3. The van der Waals surface area contributed by atoms with E-state index < -0.39 is 0 Å². The molecule has 17 heavy (non-hydrogen) atoms. The molecule has 0 fully saturated rings. The minimum atomic E-state index is 0. The van der Waals surface area contributed by atoms with Crippen molar-refractivity contribution < 1.29 is 29.1 Å². The fourth-order valence-electron chi connectivity index (χ4n) is 0.513. The van der Waals surface area contributed by atoms with Gasteiger partial charge in [-0.05, 0) is 12.0 Å². The Labute approximate surface area is 117 Å². The molecule has 0 unspecified atom stereocenters. The van der Waals surface area contributed by atoms with E-state index in [1.54, 1.807) is 6.33 Å². The molecule has 0 saturated carbocycles. The van der Waals surface area contributed by atoms with Gasteiger partial charge in [0.2, 0.25) is 0 Å². The fraction of sp³-hybridized carbons (Fsp3) is 0.417. The third-order valence-electron chi connectivity index (χ3n) is 1.02. The van der Waals surface area contributed by atoms with Crippen LogP contribution in [0.3, 0.4) is 0 Å². The summed E-state index contributed by atoms with van der Waals surface area (Å²) in [6, 6.07) is 0. The van der Waals surface area contributed by atoms with Gasteiger partial charge in [0, 0.05) is 12.4 Å². The van der Waals surface area contributed by atoms with Crippen molar-refractivity contribution in [3.63, 3.8) is 0 Å². The van der Waals surface area contributed by atoms with E-state index in [1.165, 1.54) is 11.5 Å². The molecule has 0 amide bonds.